The minimum absolute atomic E-state index is 0.0142. The zero-order valence-corrected chi connectivity index (χ0v) is 12.3. The van der Waals surface area contributed by atoms with Gasteiger partial charge in [-0.1, -0.05) is 18.2 Å². The molecule has 1 aromatic rings. The van der Waals surface area contributed by atoms with Crippen LogP contribution in [0, 0.1) is 13.8 Å². The lowest BCUT2D eigenvalue weighted by Crippen LogP contribution is -2.36. The van der Waals surface area contributed by atoms with E-state index in [2.05, 4.69) is 0 Å². The lowest BCUT2D eigenvalue weighted by atomic mass is 10.0. The van der Waals surface area contributed by atoms with Crippen molar-refractivity contribution in [3.8, 4) is 0 Å². The molecule has 120 valence electrons. The normalized spacial score (nSPS) is 13.7. The minimum atomic E-state index is -4.23. The van der Waals surface area contributed by atoms with E-state index < -0.39 is 25.3 Å². The summed E-state index contributed by atoms with van der Waals surface area (Å²) in [6.45, 7) is 3.50. The van der Waals surface area contributed by atoms with Crippen molar-refractivity contribution in [1.82, 2.24) is 4.90 Å². The summed E-state index contributed by atoms with van der Waals surface area (Å²) in [7, 11) is 0. The molecule has 0 heterocycles. The number of benzene rings is 1. The predicted molar refractivity (Wildman–Crippen MR) is 75.0 cm³/mol. The molecule has 0 aliphatic rings. The zero-order valence-electron chi connectivity index (χ0n) is 12.3. The van der Waals surface area contributed by atoms with E-state index in [4.69, 9.17) is 5.11 Å². The number of nitrogens with zero attached hydrogens (tertiary/aromatic N) is 1. The topological polar surface area (TPSA) is 43.7 Å². The predicted octanol–water partition coefficient (Wildman–Crippen LogP) is 2.41. The minimum Gasteiger partial charge on any atom is -0.394 e. The Morgan fingerprint density at radius 2 is 1.76 bits per heavy atom. The molecule has 0 bridgehead atoms. The summed E-state index contributed by atoms with van der Waals surface area (Å²) in [5.41, 5.74) is 2.97. The quantitative estimate of drug-likeness (QED) is 0.813. The van der Waals surface area contributed by atoms with Crippen molar-refractivity contribution in [2.75, 3.05) is 19.7 Å². The third-order valence-electron chi connectivity index (χ3n) is 3.42. The molecule has 0 saturated heterocycles. The van der Waals surface area contributed by atoms with Crippen LogP contribution >= 0.6 is 0 Å². The first-order valence-corrected chi connectivity index (χ1v) is 6.86. The van der Waals surface area contributed by atoms with Crippen LogP contribution in [0.2, 0.25) is 0 Å². The maximum absolute atomic E-state index is 12.4. The van der Waals surface area contributed by atoms with E-state index in [0.717, 1.165) is 16.7 Å². The maximum atomic E-state index is 12.4. The van der Waals surface area contributed by atoms with Crippen LogP contribution in [-0.4, -0.2) is 47.1 Å². The second kappa shape index (κ2) is 7.77. The van der Waals surface area contributed by atoms with E-state index in [-0.39, 0.29) is 13.1 Å². The second-order valence-corrected chi connectivity index (χ2v) is 5.31. The van der Waals surface area contributed by atoms with Crippen LogP contribution in [0.1, 0.15) is 23.1 Å². The van der Waals surface area contributed by atoms with Crippen LogP contribution in [-0.2, 0) is 6.54 Å². The molecule has 0 aliphatic carbocycles. The fourth-order valence-electron chi connectivity index (χ4n) is 2.20. The lowest BCUT2D eigenvalue weighted by molar-refractivity contribution is -0.139. The van der Waals surface area contributed by atoms with Gasteiger partial charge in [-0.3, -0.25) is 4.90 Å². The molecule has 0 amide bonds. The highest BCUT2D eigenvalue weighted by atomic mass is 19.4. The molecule has 0 unspecified atom stereocenters. The van der Waals surface area contributed by atoms with E-state index in [1.54, 1.807) is 0 Å². The van der Waals surface area contributed by atoms with Crippen LogP contribution in [0.4, 0.5) is 13.2 Å². The number of hydrogen-bond acceptors (Lipinski definition) is 3. The van der Waals surface area contributed by atoms with Gasteiger partial charge in [-0.05, 0) is 30.5 Å². The van der Waals surface area contributed by atoms with E-state index in [1.807, 2.05) is 32.0 Å². The molecule has 1 rings (SSSR count). The summed E-state index contributed by atoms with van der Waals surface area (Å²) in [5.74, 6) is 0. The fraction of sp³-hybridized carbons (Fsp3) is 0.600. The van der Waals surface area contributed by atoms with Gasteiger partial charge in [0.05, 0.1) is 19.1 Å². The summed E-state index contributed by atoms with van der Waals surface area (Å²) in [6, 6.07) is 5.72. The van der Waals surface area contributed by atoms with Gasteiger partial charge in [0, 0.05) is 19.6 Å². The summed E-state index contributed by atoms with van der Waals surface area (Å²) in [5, 5.41) is 18.4. The molecule has 6 heteroatoms. The SMILES string of the molecule is Cc1cccc(C)c1CN(CCC(F)(F)F)C[C@H](O)CO. The summed E-state index contributed by atoms with van der Waals surface area (Å²) >= 11 is 0. The third-order valence-corrected chi connectivity index (χ3v) is 3.42. The first kappa shape index (κ1) is 17.9. The highest BCUT2D eigenvalue weighted by Crippen LogP contribution is 2.22. The number of aryl methyl sites for hydroxylation is 2. The number of aliphatic hydroxyl groups excluding tert-OH is 2. The van der Waals surface area contributed by atoms with Crippen molar-refractivity contribution in [3.63, 3.8) is 0 Å². The Balaban J connectivity index is 2.80. The van der Waals surface area contributed by atoms with Gasteiger partial charge in [0.25, 0.3) is 0 Å². The van der Waals surface area contributed by atoms with Crippen molar-refractivity contribution in [3.05, 3.63) is 34.9 Å². The van der Waals surface area contributed by atoms with Crippen molar-refractivity contribution < 1.29 is 23.4 Å². The average molecular weight is 305 g/mol. The number of hydrogen-bond donors (Lipinski definition) is 2. The van der Waals surface area contributed by atoms with E-state index in [9.17, 15) is 18.3 Å². The van der Waals surface area contributed by atoms with Gasteiger partial charge < -0.3 is 10.2 Å². The van der Waals surface area contributed by atoms with Gasteiger partial charge in [-0.25, -0.2) is 0 Å². The molecule has 0 spiro atoms. The Morgan fingerprint density at radius 3 is 2.24 bits per heavy atom. The molecule has 0 radical (unpaired) electrons. The Hall–Kier alpha value is -1.11. The smallest absolute Gasteiger partial charge is 0.390 e. The van der Waals surface area contributed by atoms with Gasteiger partial charge in [0.2, 0.25) is 0 Å². The maximum Gasteiger partial charge on any atom is 0.390 e. The van der Waals surface area contributed by atoms with E-state index in [0.29, 0.717) is 6.54 Å². The molecule has 0 fully saturated rings. The number of halogens is 3. The van der Waals surface area contributed by atoms with Crippen LogP contribution in [0.15, 0.2) is 18.2 Å². The molecule has 0 saturated carbocycles. The number of aliphatic hydroxyl groups is 2. The second-order valence-electron chi connectivity index (χ2n) is 5.31. The largest absolute Gasteiger partial charge is 0.394 e. The van der Waals surface area contributed by atoms with Crippen molar-refractivity contribution in [1.29, 1.82) is 0 Å². The molecule has 2 N–H and O–H groups in total. The van der Waals surface area contributed by atoms with Crippen LogP contribution in [0.25, 0.3) is 0 Å². The van der Waals surface area contributed by atoms with Gasteiger partial charge in [0.15, 0.2) is 0 Å². The van der Waals surface area contributed by atoms with Crippen molar-refractivity contribution in [2.45, 2.75) is 39.1 Å². The van der Waals surface area contributed by atoms with E-state index >= 15 is 0 Å². The molecule has 0 aliphatic heterocycles. The Labute approximate surface area is 123 Å². The molecular formula is C15H22F3NO2. The van der Waals surface area contributed by atoms with Gasteiger partial charge in [-0.2, -0.15) is 13.2 Å². The van der Waals surface area contributed by atoms with Gasteiger partial charge in [0.1, 0.15) is 0 Å². The molecule has 1 aromatic carbocycles. The lowest BCUT2D eigenvalue weighted by Gasteiger charge is -2.26. The first-order valence-electron chi connectivity index (χ1n) is 6.86. The highest BCUT2D eigenvalue weighted by molar-refractivity contribution is 5.33. The summed E-state index contributed by atoms with van der Waals surface area (Å²) in [4.78, 5) is 1.53. The summed E-state index contributed by atoms with van der Waals surface area (Å²) in [6.07, 6.45) is -6.21. The highest BCUT2D eigenvalue weighted by Gasteiger charge is 2.28. The van der Waals surface area contributed by atoms with Crippen LogP contribution in [0.5, 0.6) is 0 Å². The third kappa shape index (κ3) is 6.46. The molecule has 3 nitrogen and oxygen atoms in total. The molecule has 0 aromatic heterocycles. The molecular weight excluding hydrogens is 283 g/mol. The molecule has 1 atom stereocenters. The van der Waals surface area contributed by atoms with Gasteiger partial charge in [-0.15, -0.1) is 0 Å². The van der Waals surface area contributed by atoms with E-state index in [1.165, 1.54) is 4.90 Å². The van der Waals surface area contributed by atoms with Crippen LogP contribution < -0.4 is 0 Å². The van der Waals surface area contributed by atoms with Crippen LogP contribution in [0.3, 0.4) is 0 Å². The monoisotopic (exact) mass is 305 g/mol. The van der Waals surface area contributed by atoms with Gasteiger partial charge >= 0.3 is 6.18 Å². The Bertz CT molecular complexity index is 429. The standard InChI is InChI=1S/C15H22F3NO2/c1-11-4-3-5-12(2)14(11)9-19(8-13(21)10-20)7-6-15(16,17)18/h3-5,13,20-21H,6-10H2,1-2H3/t13-/m0/s1. The first-order chi connectivity index (χ1) is 9.73. The van der Waals surface area contributed by atoms with Crippen molar-refractivity contribution >= 4 is 0 Å². The average Bonchev–Trinajstić information content (AvgIpc) is 2.39. The number of rotatable bonds is 7. The Kier molecular flexibility index (Phi) is 6.64. The summed E-state index contributed by atoms with van der Waals surface area (Å²) < 4.78 is 37.2. The fourth-order valence-corrected chi connectivity index (χ4v) is 2.20. The number of alkyl halides is 3. The van der Waals surface area contributed by atoms with Crippen molar-refractivity contribution in [2.24, 2.45) is 0 Å². The zero-order chi connectivity index (χ0) is 16.0. The Morgan fingerprint density at radius 1 is 1.19 bits per heavy atom. The molecule has 21 heavy (non-hydrogen) atoms.